The first kappa shape index (κ1) is 24.4. The van der Waals surface area contributed by atoms with Gasteiger partial charge in [-0.05, 0) is 75.3 Å². The molecule has 36 heavy (non-hydrogen) atoms. The van der Waals surface area contributed by atoms with E-state index < -0.39 is 16.8 Å². The van der Waals surface area contributed by atoms with Gasteiger partial charge in [0, 0.05) is 34.9 Å². The molecule has 190 valence electrons. The molecule has 7 nitrogen and oxygen atoms in total. The second-order valence-corrected chi connectivity index (χ2v) is 11.2. The van der Waals surface area contributed by atoms with Crippen LogP contribution in [0.2, 0.25) is 0 Å². The van der Waals surface area contributed by atoms with Crippen molar-refractivity contribution in [3.05, 3.63) is 53.1 Å². The summed E-state index contributed by atoms with van der Waals surface area (Å²) in [4.78, 5) is 17.0. The molecule has 5 rings (SSSR count). The van der Waals surface area contributed by atoms with Gasteiger partial charge in [-0.2, -0.15) is 5.10 Å². The molecule has 0 bridgehead atoms. The number of rotatable bonds is 6. The zero-order valence-corrected chi connectivity index (χ0v) is 21.5. The van der Waals surface area contributed by atoms with Crippen LogP contribution in [0.1, 0.15) is 69.2 Å². The van der Waals surface area contributed by atoms with E-state index in [-0.39, 0.29) is 11.7 Å². The van der Waals surface area contributed by atoms with E-state index in [1.807, 2.05) is 13.0 Å². The fraction of sp³-hybridized carbons (Fsp3) is 0.464. The maximum Gasteiger partial charge on any atom is 0.309 e. The lowest BCUT2D eigenvalue weighted by molar-refractivity contribution is -0.149. The number of H-pyrrole nitrogens is 1. The predicted molar refractivity (Wildman–Crippen MR) is 137 cm³/mol. The quantitative estimate of drug-likeness (QED) is 0.343. The number of carboxylic acids is 1. The molecule has 0 saturated heterocycles. The van der Waals surface area contributed by atoms with Gasteiger partial charge in [-0.1, -0.05) is 13.8 Å². The van der Waals surface area contributed by atoms with Crippen LogP contribution in [0.25, 0.3) is 27.8 Å². The molecule has 0 radical (unpaired) electrons. The first-order valence-corrected chi connectivity index (χ1v) is 12.4. The standard InChI is InChI=1S/C28H33FN4O3/c1-16-12-19(6-7-20(16)29)33-21-13-18-14-30-32-25(18)31-23(21)22(24(33)27(2,3)15-36-5)17-8-10-28(4,11-9-17)26(34)35/h6-7,12-14,17H,8-11,15H2,1-5H3,(H,34,35)(H,30,31,32)/t17-,28-. The fourth-order valence-corrected chi connectivity index (χ4v) is 5.87. The second-order valence-electron chi connectivity index (χ2n) is 11.2. The molecule has 2 N–H and O–H groups in total. The number of ether oxygens (including phenoxy) is 1. The van der Waals surface area contributed by atoms with Crippen molar-refractivity contribution in [2.24, 2.45) is 5.41 Å². The van der Waals surface area contributed by atoms with Gasteiger partial charge in [0.15, 0.2) is 5.65 Å². The highest BCUT2D eigenvalue weighted by Crippen LogP contribution is 2.49. The highest BCUT2D eigenvalue weighted by molar-refractivity contribution is 5.94. The zero-order chi connectivity index (χ0) is 25.8. The predicted octanol–water partition coefficient (Wildman–Crippen LogP) is 6.02. The van der Waals surface area contributed by atoms with E-state index in [1.165, 1.54) is 6.07 Å². The number of halogens is 1. The van der Waals surface area contributed by atoms with Crippen molar-refractivity contribution in [1.82, 2.24) is 19.7 Å². The van der Waals surface area contributed by atoms with Crippen molar-refractivity contribution in [1.29, 1.82) is 0 Å². The fourth-order valence-electron chi connectivity index (χ4n) is 5.87. The molecular formula is C28H33FN4O3. The summed E-state index contributed by atoms with van der Waals surface area (Å²) in [6, 6.07) is 7.26. The van der Waals surface area contributed by atoms with Crippen LogP contribution in [-0.4, -0.2) is 44.5 Å². The van der Waals surface area contributed by atoms with Gasteiger partial charge in [-0.3, -0.25) is 9.89 Å². The average Bonchev–Trinajstić information content (AvgIpc) is 3.42. The Balaban J connectivity index is 1.82. The Morgan fingerprint density at radius 3 is 2.67 bits per heavy atom. The summed E-state index contributed by atoms with van der Waals surface area (Å²) in [6.07, 6.45) is 4.47. The number of carboxylic acid groups (broad SMARTS) is 1. The molecule has 1 aromatic carbocycles. The number of fused-ring (bicyclic) bond motifs is 2. The van der Waals surface area contributed by atoms with Crippen molar-refractivity contribution in [3.8, 4) is 5.69 Å². The summed E-state index contributed by atoms with van der Waals surface area (Å²) in [6.45, 7) is 8.40. The van der Waals surface area contributed by atoms with Crippen molar-refractivity contribution < 1.29 is 19.0 Å². The maximum atomic E-state index is 14.3. The Bertz CT molecular complexity index is 1460. The largest absolute Gasteiger partial charge is 0.481 e. The monoisotopic (exact) mass is 492 g/mol. The normalized spacial score (nSPS) is 20.9. The van der Waals surface area contributed by atoms with Crippen LogP contribution in [0.15, 0.2) is 30.5 Å². The number of aryl methyl sites for hydroxylation is 1. The number of carbonyl (C=O) groups is 1. The average molecular weight is 493 g/mol. The number of aromatic amines is 1. The molecule has 3 heterocycles. The molecule has 1 aliphatic carbocycles. The first-order valence-electron chi connectivity index (χ1n) is 12.4. The van der Waals surface area contributed by atoms with Crippen molar-refractivity contribution in [2.45, 2.75) is 64.7 Å². The Morgan fingerprint density at radius 1 is 1.31 bits per heavy atom. The lowest BCUT2D eigenvalue weighted by atomic mass is 9.69. The number of pyridine rings is 1. The van der Waals surface area contributed by atoms with Gasteiger partial charge >= 0.3 is 5.97 Å². The van der Waals surface area contributed by atoms with Crippen LogP contribution >= 0.6 is 0 Å². The van der Waals surface area contributed by atoms with Gasteiger partial charge in [0.2, 0.25) is 0 Å². The SMILES string of the molecule is COCC(C)(C)c1c([C@H]2CC[C@](C)(C(=O)O)CC2)c2nc3[nH]ncc3cc2n1-c1ccc(F)c(C)c1. The van der Waals surface area contributed by atoms with Crippen molar-refractivity contribution >= 4 is 28.0 Å². The summed E-state index contributed by atoms with van der Waals surface area (Å²) >= 11 is 0. The minimum atomic E-state index is -0.734. The summed E-state index contributed by atoms with van der Waals surface area (Å²) < 4.78 is 22.1. The highest BCUT2D eigenvalue weighted by Gasteiger charge is 2.41. The van der Waals surface area contributed by atoms with Crippen LogP contribution in [0, 0.1) is 18.2 Å². The molecule has 3 aromatic heterocycles. The number of nitrogens with zero attached hydrogens (tertiary/aromatic N) is 3. The number of hydrogen-bond acceptors (Lipinski definition) is 4. The lowest BCUT2D eigenvalue weighted by Crippen LogP contribution is -2.33. The van der Waals surface area contributed by atoms with Gasteiger partial charge in [0.1, 0.15) is 5.82 Å². The number of aliphatic carboxylic acids is 1. The van der Waals surface area contributed by atoms with E-state index in [0.29, 0.717) is 30.7 Å². The van der Waals surface area contributed by atoms with Crippen molar-refractivity contribution in [2.75, 3.05) is 13.7 Å². The third-order valence-electron chi connectivity index (χ3n) is 7.94. The van der Waals surface area contributed by atoms with Crippen LogP contribution in [0.5, 0.6) is 0 Å². The van der Waals surface area contributed by atoms with E-state index in [1.54, 1.807) is 26.3 Å². The third kappa shape index (κ3) is 3.88. The van der Waals surface area contributed by atoms with E-state index >= 15 is 0 Å². The highest BCUT2D eigenvalue weighted by atomic mass is 19.1. The summed E-state index contributed by atoms with van der Waals surface area (Å²) in [5, 5.41) is 17.9. The summed E-state index contributed by atoms with van der Waals surface area (Å²) in [7, 11) is 1.70. The van der Waals surface area contributed by atoms with Gasteiger partial charge in [0.25, 0.3) is 0 Å². The van der Waals surface area contributed by atoms with Crippen molar-refractivity contribution in [3.63, 3.8) is 0 Å². The molecule has 4 aromatic rings. The van der Waals surface area contributed by atoms with Gasteiger partial charge in [0.05, 0.1) is 29.3 Å². The maximum absolute atomic E-state index is 14.3. The van der Waals surface area contributed by atoms with Crippen LogP contribution in [-0.2, 0) is 14.9 Å². The molecule has 0 aliphatic heterocycles. The number of hydrogen-bond donors (Lipinski definition) is 2. The van der Waals surface area contributed by atoms with E-state index in [2.05, 4.69) is 34.7 Å². The number of aromatic nitrogens is 4. The molecule has 1 aliphatic rings. The molecule has 0 amide bonds. The number of nitrogens with one attached hydrogen (secondary N) is 1. The van der Waals surface area contributed by atoms with Gasteiger partial charge < -0.3 is 14.4 Å². The minimum absolute atomic E-state index is 0.140. The van der Waals surface area contributed by atoms with Crippen LogP contribution in [0.3, 0.4) is 0 Å². The molecule has 0 atom stereocenters. The van der Waals surface area contributed by atoms with Gasteiger partial charge in [-0.15, -0.1) is 0 Å². The van der Waals surface area contributed by atoms with E-state index in [4.69, 9.17) is 9.72 Å². The van der Waals surface area contributed by atoms with E-state index in [9.17, 15) is 14.3 Å². The third-order valence-corrected chi connectivity index (χ3v) is 7.94. The summed E-state index contributed by atoms with van der Waals surface area (Å²) in [5.41, 5.74) is 5.02. The Kier molecular flexibility index (Phi) is 5.90. The number of methoxy groups -OCH3 is 1. The number of benzene rings is 1. The molecule has 0 unspecified atom stereocenters. The first-order chi connectivity index (χ1) is 17.1. The van der Waals surface area contributed by atoms with Crippen LogP contribution in [0.4, 0.5) is 4.39 Å². The second kappa shape index (κ2) is 8.69. The topological polar surface area (TPSA) is 93.0 Å². The zero-order valence-electron chi connectivity index (χ0n) is 21.5. The molecule has 1 fully saturated rings. The Hall–Kier alpha value is -3.26. The Morgan fingerprint density at radius 2 is 2.03 bits per heavy atom. The van der Waals surface area contributed by atoms with Gasteiger partial charge in [-0.25, -0.2) is 9.37 Å². The Labute approximate surface area is 209 Å². The molecule has 8 heteroatoms. The van der Waals surface area contributed by atoms with Crippen LogP contribution < -0.4 is 0 Å². The molecule has 1 saturated carbocycles. The molecular weight excluding hydrogens is 459 g/mol. The lowest BCUT2D eigenvalue weighted by Gasteiger charge is -2.36. The smallest absolute Gasteiger partial charge is 0.309 e. The summed E-state index contributed by atoms with van der Waals surface area (Å²) in [5.74, 6) is -0.840. The minimum Gasteiger partial charge on any atom is -0.481 e. The molecule has 0 spiro atoms. The van der Waals surface area contributed by atoms with E-state index in [0.717, 1.165) is 46.2 Å².